The standard InChI is InChI=1S/C19H19BrClN3O3S2/c1-23(2)9-10-24(19-22-16-8-3-13(20)11-17(16)28-19)18(25)12-29(26,27)15-6-4-14(21)5-7-15/h3-8,11H,9-10,12H2,1-2H3. The van der Waals surface area contributed by atoms with Gasteiger partial charge in [0.25, 0.3) is 0 Å². The molecule has 6 nitrogen and oxygen atoms in total. The third kappa shape index (κ3) is 5.55. The Bertz CT molecular complexity index is 1130. The summed E-state index contributed by atoms with van der Waals surface area (Å²) in [7, 11) is -0.0159. The van der Waals surface area contributed by atoms with Crippen molar-refractivity contribution in [2.75, 3.05) is 37.8 Å². The Morgan fingerprint density at radius 2 is 1.83 bits per heavy atom. The first-order valence-corrected chi connectivity index (χ1v) is 12.3. The molecular formula is C19H19BrClN3O3S2. The Hall–Kier alpha value is -1.52. The number of carbonyl (C=O) groups is 1. The first kappa shape index (κ1) is 22.2. The van der Waals surface area contributed by atoms with E-state index in [0.29, 0.717) is 23.2 Å². The summed E-state index contributed by atoms with van der Waals surface area (Å²) in [6.07, 6.45) is 0. The van der Waals surface area contributed by atoms with Crippen molar-refractivity contribution in [1.82, 2.24) is 9.88 Å². The van der Waals surface area contributed by atoms with Crippen molar-refractivity contribution in [3.05, 3.63) is 52.0 Å². The second kappa shape index (κ2) is 9.09. The molecule has 1 heterocycles. The Morgan fingerprint density at radius 3 is 2.48 bits per heavy atom. The largest absolute Gasteiger partial charge is 0.308 e. The Balaban J connectivity index is 1.90. The maximum Gasteiger partial charge on any atom is 0.244 e. The molecule has 2 aromatic carbocycles. The van der Waals surface area contributed by atoms with Gasteiger partial charge in [-0.25, -0.2) is 13.4 Å². The Labute approximate surface area is 187 Å². The fourth-order valence-electron chi connectivity index (χ4n) is 2.59. The van der Waals surface area contributed by atoms with Crippen molar-refractivity contribution in [3.63, 3.8) is 0 Å². The van der Waals surface area contributed by atoms with Crippen LogP contribution in [-0.2, 0) is 14.6 Å². The molecule has 0 aliphatic heterocycles. The molecule has 0 spiro atoms. The lowest BCUT2D eigenvalue weighted by Crippen LogP contribution is -2.40. The van der Waals surface area contributed by atoms with Gasteiger partial charge in [0, 0.05) is 22.6 Å². The lowest BCUT2D eigenvalue weighted by atomic mass is 10.3. The molecule has 0 N–H and O–H groups in total. The number of hydrogen-bond acceptors (Lipinski definition) is 6. The summed E-state index contributed by atoms with van der Waals surface area (Å²) < 4.78 is 27.3. The molecule has 10 heteroatoms. The maximum absolute atomic E-state index is 13.0. The van der Waals surface area contributed by atoms with E-state index in [1.807, 2.05) is 37.2 Å². The molecule has 3 rings (SSSR count). The molecule has 1 aromatic heterocycles. The number of carbonyl (C=O) groups excluding carboxylic acids is 1. The number of fused-ring (bicyclic) bond motifs is 1. The van der Waals surface area contributed by atoms with E-state index in [1.165, 1.54) is 40.5 Å². The first-order valence-electron chi connectivity index (χ1n) is 8.65. The van der Waals surface area contributed by atoms with E-state index in [4.69, 9.17) is 11.6 Å². The Kier molecular flexibility index (Phi) is 6.95. The zero-order valence-electron chi connectivity index (χ0n) is 15.8. The second-order valence-corrected chi connectivity index (χ2v) is 11.0. The molecule has 0 aliphatic rings. The number of halogens is 2. The van der Waals surface area contributed by atoms with Crippen molar-refractivity contribution in [1.29, 1.82) is 0 Å². The summed E-state index contributed by atoms with van der Waals surface area (Å²) in [6, 6.07) is 11.5. The molecule has 154 valence electrons. The van der Waals surface area contributed by atoms with Crippen molar-refractivity contribution in [3.8, 4) is 0 Å². The second-order valence-electron chi connectivity index (χ2n) is 6.67. The van der Waals surface area contributed by atoms with Crippen LogP contribution in [0.15, 0.2) is 51.8 Å². The quantitative estimate of drug-likeness (QED) is 0.473. The zero-order chi connectivity index (χ0) is 21.2. The predicted molar refractivity (Wildman–Crippen MR) is 122 cm³/mol. The summed E-state index contributed by atoms with van der Waals surface area (Å²) >= 11 is 10.6. The van der Waals surface area contributed by atoms with Gasteiger partial charge in [-0.05, 0) is 56.6 Å². The minimum absolute atomic E-state index is 0.0658. The summed E-state index contributed by atoms with van der Waals surface area (Å²) in [6.45, 7) is 0.912. The van der Waals surface area contributed by atoms with Gasteiger partial charge >= 0.3 is 0 Å². The number of amides is 1. The molecular weight excluding hydrogens is 498 g/mol. The first-order chi connectivity index (χ1) is 13.7. The molecule has 0 bridgehead atoms. The van der Waals surface area contributed by atoms with Gasteiger partial charge in [0.15, 0.2) is 15.0 Å². The molecule has 0 unspecified atom stereocenters. The van der Waals surface area contributed by atoms with E-state index in [-0.39, 0.29) is 4.90 Å². The van der Waals surface area contributed by atoms with E-state index in [1.54, 1.807) is 0 Å². The minimum atomic E-state index is -3.80. The normalized spacial score (nSPS) is 11.9. The number of rotatable bonds is 7. The van der Waals surface area contributed by atoms with Gasteiger partial charge in [0.2, 0.25) is 5.91 Å². The van der Waals surface area contributed by atoms with Crippen LogP contribution >= 0.6 is 38.9 Å². The van der Waals surface area contributed by atoms with E-state index in [2.05, 4.69) is 20.9 Å². The van der Waals surface area contributed by atoms with Crippen molar-refractivity contribution in [2.45, 2.75) is 4.90 Å². The highest BCUT2D eigenvalue weighted by Crippen LogP contribution is 2.31. The summed E-state index contributed by atoms with van der Waals surface area (Å²) in [5.74, 6) is -1.15. The number of sulfone groups is 1. The van der Waals surface area contributed by atoms with Gasteiger partial charge in [0.1, 0.15) is 5.75 Å². The van der Waals surface area contributed by atoms with Gasteiger partial charge in [0.05, 0.1) is 15.1 Å². The van der Waals surface area contributed by atoms with Crippen LogP contribution in [0.2, 0.25) is 5.02 Å². The van der Waals surface area contributed by atoms with Crippen LogP contribution < -0.4 is 4.90 Å². The number of benzene rings is 2. The summed E-state index contributed by atoms with van der Waals surface area (Å²) in [4.78, 5) is 21.0. The number of anilines is 1. The highest BCUT2D eigenvalue weighted by molar-refractivity contribution is 9.10. The smallest absolute Gasteiger partial charge is 0.244 e. The molecule has 0 radical (unpaired) electrons. The van der Waals surface area contributed by atoms with Crippen LogP contribution in [0.1, 0.15) is 0 Å². The third-order valence-electron chi connectivity index (χ3n) is 4.13. The third-order valence-corrected chi connectivity index (χ3v) is 7.53. The number of aromatic nitrogens is 1. The molecule has 0 saturated heterocycles. The monoisotopic (exact) mass is 515 g/mol. The average Bonchev–Trinajstić information content (AvgIpc) is 3.04. The van der Waals surface area contributed by atoms with Gasteiger partial charge in [-0.3, -0.25) is 9.69 Å². The minimum Gasteiger partial charge on any atom is -0.308 e. The van der Waals surface area contributed by atoms with E-state index < -0.39 is 21.5 Å². The summed E-state index contributed by atoms with van der Waals surface area (Å²) in [5.41, 5.74) is 0.761. The van der Waals surface area contributed by atoms with Crippen LogP contribution in [0.25, 0.3) is 10.2 Å². The number of thiazole rings is 1. The molecule has 0 fully saturated rings. The highest BCUT2D eigenvalue weighted by atomic mass is 79.9. The number of nitrogens with zero attached hydrogens (tertiary/aromatic N) is 3. The van der Waals surface area contributed by atoms with Crippen LogP contribution in [0.3, 0.4) is 0 Å². The van der Waals surface area contributed by atoms with Crippen LogP contribution in [-0.4, -0.2) is 57.1 Å². The Morgan fingerprint density at radius 1 is 1.14 bits per heavy atom. The molecule has 0 saturated carbocycles. The molecule has 0 atom stereocenters. The SMILES string of the molecule is CN(C)CCN(C(=O)CS(=O)(=O)c1ccc(Cl)cc1)c1nc2ccc(Br)cc2s1. The van der Waals surface area contributed by atoms with Gasteiger partial charge in [-0.1, -0.05) is 38.9 Å². The predicted octanol–water partition coefficient (Wildman–Crippen LogP) is 4.08. The number of likely N-dealkylation sites (N-methyl/N-ethyl adjacent to an activating group) is 1. The van der Waals surface area contributed by atoms with E-state index in [9.17, 15) is 13.2 Å². The number of hydrogen-bond donors (Lipinski definition) is 0. The maximum atomic E-state index is 13.0. The molecule has 0 aliphatic carbocycles. The van der Waals surface area contributed by atoms with Crippen molar-refractivity contribution >= 4 is 70.0 Å². The van der Waals surface area contributed by atoms with Crippen LogP contribution in [0.4, 0.5) is 5.13 Å². The lowest BCUT2D eigenvalue weighted by Gasteiger charge is -2.22. The van der Waals surface area contributed by atoms with Crippen LogP contribution in [0, 0.1) is 0 Å². The fourth-order valence-corrected chi connectivity index (χ4v) is 5.48. The topological polar surface area (TPSA) is 70.6 Å². The van der Waals surface area contributed by atoms with Crippen LogP contribution in [0.5, 0.6) is 0 Å². The lowest BCUT2D eigenvalue weighted by molar-refractivity contribution is -0.116. The molecule has 3 aromatic rings. The highest BCUT2D eigenvalue weighted by Gasteiger charge is 2.26. The zero-order valence-corrected chi connectivity index (χ0v) is 19.8. The average molecular weight is 517 g/mol. The molecule has 1 amide bonds. The fraction of sp³-hybridized carbons (Fsp3) is 0.263. The van der Waals surface area contributed by atoms with Crippen molar-refractivity contribution < 1.29 is 13.2 Å². The van der Waals surface area contributed by atoms with E-state index in [0.717, 1.165) is 14.7 Å². The van der Waals surface area contributed by atoms with Crippen molar-refractivity contribution in [2.24, 2.45) is 0 Å². The van der Waals surface area contributed by atoms with Gasteiger partial charge in [-0.15, -0.1) is 0 Å². The van der Waals surface area contributed by atoms with E-state index >= 15 is 0 Å². The van der Waals surface area contributed by atoms with Gasteiger partial charge in [-0.2, -0.15) is 0 Å². The van der Waals surface area contributed by atoms with Gasteiger partial charge < -0.3 is 4.90 Å². The summed E-state index contributed by atoms with van der Waals surface area (Å²) in [5, 5.41) is 0.916. The molecule has 29 heavy (non-hydrogen) atoms.